The number of thiophene rings is 2. The highest BCUT2D eigenvalue weighted by molar-refractivity contribution is 7.21. The number of allylic oxidation sites excluding steroid dienone is 1. The van der Waals surface area contributed by atoms with Crippen LogP contribution in [0.15, 0.2) is 35.7 Å². The van der Waals surface area contributed by atoms with Crippen LogP contribution in [-0.2, 0) is 14.3 Å². The van der Waals surface area contributed by atoms with Gasteiger partial charge in [0.1, 0.15) is 6.79 Å². The standard InChI is InChI=1S/C16H16O3S2/c1-16(9-18-11-19-10-16)15(17)7-5-12-4-6-14(21-12)13-3-2-8-20-13/h2-8H,9-11H2,1H3. The first-order valence-electron chi connectivity index (χ1n) is 6.69. The summed E-state index contributed by atoms with van der Waals surface area (Å²) in [6.45, 7) is 2.99. The van der Waals surface area contributed by atoms with Crippen LogP contribution in [0.5, 0.6) is 0 Å². The largest absolute Gasteiger partial charge is 0.354 e. The third-order valence-corrected chi connectivity index (χ3v) is 5.51. The van der Waals surface area contributed by atoms with E-state index in [0.717, 1.165) is 4.88 Å². The van der Waals surface area contributed by atoms with Gasteiger partial charge < -0.3 is 9.47 Å². The molecule has 0 bridgehead atoms. The van der Waals surface area contributed by atoms with E-state index < -0.39 is 5.41 Å². The first-order valence-corrected chi connectivity index (χ1v) is 8.39. The van der Waals surface area contributed by atoms with Gasteiger partial charge in [-0.05, 0) is 42.7 Å². The van der Waals surface area contributed by atoms with Crippen molar-refractivity contribution < 1.29 is 14.3 Å². The molecule has 5 heteroatoms. The van der Waals surface area contributed by atoms with Crippen LogP contribution in [0.1, 0.15) is 11.8 Å². The van der Waals surface area contributed by atoms with E-state index in [-0.39, 0.29) is 12.6 Å². The fraction of sp³-hybridized carbons (Fsp3) is 0.312. The minimum atomic E-state index is -0.567. The lowest BCUT2D eigenvalue weighted by Gasteiger charge is -2.30. The molecule has 2 aromatic rings. The molecule has 3 rings (SSSR count). The molecule has 0 radical (unpaired) electrons. The number of carbonyl (C=O) groups excluding carboxylic acids is 1. The number of ether oxygens (including phenoxy) is 2. The lowest BCUT2D eigenvalue weighted by Crippen LogP contribution is -2.40. The van der Waals surface area contributed by atoms with Gasteiger partial charge in [0.15, 0.2) is 5.78 Å². The van der Waals surface area contributed by atoms with E-state index in [0.29, 0.717) is 13.2 Å². The first-order chi connectivity index (χ1) is 10.2. The summed E-state index contributed by atoms with van der Waals surface area (Å²) in [6, 6.07) is 8.28. The summed E-state index contributed by atoms with van der Waals surface area (Å²) in [4.78, 5) is 15.9. The maximum atomic E-state index is 12.3. The van der Waals surface area contributed by atoms with Gasteiger partial charge >= 0.3 is 0 Å². The molecule has 1 aliphatic rings. The Kier molecular flexibility index (Phi) is 4.35. The summed E-state index contributed by atoms with van der Waals surface area (Å²) in [6.07, 6.45) is 3.52. The zero-order chi connectivity index (χ0) is 14.7. The molecular formula is C16H16O3S2. The molecule has 1 aliphatic heterocycles. The molecule has 0 saturated carbocycles. The highest BCUT2D eigenvalue weighted by Crippen LogP contribution is 2.32. The zero-order valence-corrected chi connectivity index (χ0v) is 13.3. The predicted molar refractivity (Wildman–Crippen MR) is 86.6 cm³/mol. The molecule has 110 valence electrons. The van der Waals surface area contributed by atoms with Gasteiger partial charge in [-0.1, -0.05) is 6.07 Å². The van der Waals surface area contributed by atoms with Gasteiger partial charge in [0.05, 0.1) is 18.6 Å². The van der Waals surface area contributed by atoms with Gasteiger partial charge in [0.25, 0.3) is 0 Å². The Morgan fingerprint density at radius 2 is 2.05 bits per heavy atom. The monoisotopic (exact) mass is 320 g/mol. The topological polar surface area (TPSA) is 35.5 Å². The highest BCUT2D eigenvalue weighted by atomic mass is 32.1. The first kappa shape index (κ1) is 14.7. The molecule has 3 heterocycles. The summed E-state index contributed by atoms with van der Waals surface area (Å²) in [5.41, 5.74) is -0.567. The maximum Gasteiger partial charge on any atom is 0.166 e. The Balaban J connectivity index is 1.70. The van der Waals surface area contributed by atoms with Crippen LogP contribution in [0.2, 0.25) is 0 Å². The van der Waals surface area contributed by atoms with Gasteiger partial charge in [-0.25, -0.2) is 0 Å². The molecular weight excluding hydrogens is 304 g/mol. The van der Waals surface area contributed by atoms with E-state index in [4.69, 9.17) is 9.47 Å². The van der Waals surface area contributed by atoms with E-state index >= 15 is 0 Å². The number of carbonyl (C=O) groups is 1. The predicted octanol–water partition coefficient (Wildman–Crippen LogP) is 4.07. The minimum absolute atomic E-state index is 0.0493. The second-order valence-electron chi connectivity index (χ2n) is 5.25. The Morgan fingerprint density at radius 3 is 2.76 bits per heavy atom. The van der Waals surface area contributed by atoms with Gasteiger partial charge in [0.2, 0.25) is 0 Å². The van der Waals surface area contributed by atoms with Crippen LogP contribution in [-0.4, -0.2) is 25.8 Å². The second-order valence-corrected chi connectivity index (χ2v) is 7.32. The van der Waals surface area contributed by atoms with E-state index in [2.05, 4.69) is 17.5 Å². The Hall–Kier alpha value is -1.27. The van der Waals surface area contributed by atoms with Crippen molar-refractivity contribution in [1.29, 1.82) is 0 Å². The van der Waals surface area contributed by atoms with Crippen LogP contribution >= 0.6 is 22.7 Å². The Labute approximate surface area is 131 Å². The molecule has 0 N–H and O–H groups in total. The molecule has 0 amide bonds. The third-order valence-electron chi connectivity index (χ3n) is 3.39. The quantitative estimate of drug-likeness (QED) is 0.797. The number of hydrogen-bond acceptors (Lipinski definition) is 5. The summed E-state index contributed by atoms with van der Waals surface area (Å²) < 4.78 is 10.5. The molecule has 0 spiro atoms. The van der Waals surface area contributed by atoms with Crippen molar-refractivity contribution in [3.8, 4) is 9.75 Å². The SMILES string of the molecule is CC1(C(=O)C=Cc2ccc(-c3cccs3)s2)COCOC1. The average Bonchev–Trinajstić information content (AvgIpc) is 3.16. The number of ketones is 1. The van der Waals surface area contributed by atoms with Crippen molar-refractivity contribution >= 4 is 34.5 Å². The maximum absolute atomic E-state index is 12.3. The average molecular weight is 320 g/mol. The smallest absolute Gasteiger partial charge is 0.166 e. The molecule has 21 heavy (non-hydrogen) atoms. The molecule has 2 aromatic heterocycles. The summed E-state index contributed by atoms with van der Waals surface area (Å²) in [5, 5.41) is 2.07. The van der Waals surface area contributed by atoms with E-state index in [1.165, 1.54) is 9.75 Å². The fourth-order valence-corrected chi connectivity index (χ4v) is 3.87. The number of rotatable bonds is 4. The van der Waals surface area contributed by atoms with Crippen molar-refractivity contribution in [3.63, 3.8) is 0 Å². The van der Waals surface area contributed by atoms with E-state index in [1.54, 1.807) is 28.7 Å². The van der Waals surface area contributed by atoms with Crippen molar-refractivity contribution in [2.75, 3.05) is 20.0 Å². The molecule has 0 aromatic carbocycles. The zero-order valence-electron chi connectivity index (χ0n) is 11.7. The third kappa shape index (κ3) is 3.32. The van der Waals surface area contributed by atoms with Crippen LogP contribution in [0, 0.1) is 5.41 Å². The summed E-state index contributed by atoms with van der Waals surface area (Å²) >= 11 is 3.41. The Bertz CT molecular complexity index is 634. The van der Waals surface area contributed by atoms with Crippen LogP contribution < -0.4 is 0 Å². The van der Waals surface area contributed by atoms with Crippen molar-refractivity contribution in [3.05, 3.63) is 40.6 Å². The van der Waals surface area contributed by atoms with Gasteiger partial charge in [0, 0.05) is 14.6 Å². The van der Waals surface area contributed by atoms with Gasteiger partial charge in [-0.15, -0.1) is 22.7 Å². The van der Waals surface area contributed by atoms with Crippen LogP contribution in [0.4, 0.5) is 0 Å². The molecule has 1 fully saturated rings. The van der Waals surface area contributed by atoms with Gasteiger partial charge in [-0.2, -0.15) is 0 Å². The molecule has 0 aliphatic carbocycles. The fourth-order valence-electron chi connectivity index (χ4n) is 2.13. The summed E-state index contributed by atoms with van der Waals surface area (Å²) in [5.74, 6) is 0.0493. The van der Waals surface area contributed by atoms with Gasteiger partial charge in [-0.3, -0.25) is 4.79 Å². The van der Waals surface area contributed by atoms with Crippen LogP contribution in [0.3, 0.4) is 0 Å². The lowest BCUT2D eigenvalue weighted by atomic mass is 9.87. The van der Waals surface area contributed by atoms with Crippen molar-refractivity contribution in [1.82, 2.24) is 0 Å². The second kappa shape index (κ2) is 6.23. The molecule has 1 saturated heterocycles. The van der Waals surface area contributed by atoms with E-state index in [1.807, 2.05) is 25.1 Å². The van der Waals surface area contributed by atoms with Crippen molar-refractivity contribution in [2.45, 2.75) is 6.92 Å². The van der Waals surface area contributed by atoms with Crippen LogP contribution in [0.25, 0.3) is 15.8 Å². The number of hydrogen-bond donors (Lipinski definition) is 0. The Morgan fingerprint density at radius 1 is 1.24 bits per heavy atom. The van der Waals surface area contributed by atoms with Crippen molar-refractivity contribution in [2.24, 2.45) is 5.41 Å². The molecule has 0 unspecified atom stereocenters. The highest BCUT2D eigenvalue weighted by Gasteiger charge is 2.34. The minimum Gasteiger partial charge on any atom is -0.354 e. The summed E-state index contributed by atoms with van der Waals surface area (Å²) in [7, 11) is 0. The lowest BCUT2D eigenvalue weighted by molar-refractivity contribution is -0.168. The molecule has 3 nitrogen and oxygen atoms in total. The normalized spacial score (nSPS) is 18.1. The van der Waals surface area contributed by atoms with E-state index in [9.17, 15) is 4.79 Å². The molecule has 0 atom stereocenters.